The number of pyridine rings is 1. The molecule has 0 radical (unpaired) electrons. The van der Waals surface area contributed by atoms with Crippen LogP contribution in [0.1, 0.15) is 11.1 Å². The van der Waals surface area contributed by atoms with Gasteiger partial charge in [0.2, 0.25) is 5.91 Å². The van der Waals surface area contributed by atoms with E-state index in [-0.39, 0.29) is 5.91 Å². The SMILES string of the molecule is Cc1ccc(CC(C#N)C(=O)Nc2ccccn2)cc1. The molecule has 1 heterocycles. The van der Waals surface area contributed by atoms with Crippen LogP contribution < -0.4 is 5.32 Å². The van der Waals surface area contributed by atoms with Crippen molar-refractivity contribution in [1.82, 2.24) is 4.98 Å². The normalized spacial score (nSPS) is 11.4. The van der Waals surface area contributed by atoms with Crippen LogP contribution in [0.15, 0.2) is 48.7 Å². The Morgan fingerprint density at radius 1 is 1.30 bits per heavy atom. The molecule has 1 aromatic carbocycles. The van der Waals surface area contributed by atoms with Crippen molar-refractivity contribution in [3.05, 3.63) is 59.8 Å². The van der Waals surface area contributed by atoms with Crippen molar-refractivity contribution in [3.63, 3.8) is 0 Å². The van der Waals surface area contributed by atoms with Gasteiger partial charge in [-0.1, -0.05) is 35.9 Å². The van der Waals surface area contributed by atoms with Crippen molar-refractivity contribution in [1.29, 1.82) is 5.26 Å². The molecule has 100 valence electrons. The number of aryl methyl sites for hydroxylation is 1. The van der Waals surface area contributed by atoms with Gasteiger partial charge in [0.1, 0.15) is 11.7 Å². The molecule has 1 amide bonds. The number of nitrogens with zero attached hydrogens (tertiary/aromatic N) is 2. The zero-order chi connectivity index (χ0) is 14.4. The highest BCUT2D eigenvalue weighted by Gasteiger charge is 2.18. The first-order valence-electron chi connectivity index (χ1n) is 6.36. The predicted octanol–water partition coefficient (Wildman–Crippen LogP) is 2.71. The van der Waals surface area contributed by atoms with Crippen LogP contribution in [0.4, 0.5) is 5.82 Å². The third kappa shape index (κ3) is 3.66. The minimum absolute atomic E-state index is 0.327. The molecule has 0 saturated heterocycles. The summed E-state index contributed by atoms with van der Waals surface area (Å²) in [5.74, 6) is -0.590. The maximum atomic E-state index is 12.0. The van der Waals surface area contributed by atoms with Crippen LogP contribution in [0.2, 0.25) is 0 Å². The van der Waals surface area contributed by atoms with Crippen LogP contribution >= 0.6 is 0 Å². The third-order valence-electron chi connectivity index (χ3n) is 2.95. The second-order valence-corrected chi connectivity index (χ2v) is 4.58. The summed E-state index contributed by atoms with van der Waals surface area (Å²) in [6.07, 6.45) is 1.99. The molecule has 4 heteroatoms. The van der Waals surface area contributed by atoms with Gasteiger partial charge in [0.25, 0.3) is 0 Å². The highest BCUT2D eigenvalue weighted by Crippen LogP contribution is 2.12. The van der Waals surface area contributed by atoms with Crippen LogP contribution in [-0.2, 0) is 11.2 Å². The van der Waals surface area contributed by atoms with Crippen molar-refractivity contribution in [2.75, 3.05) is 5.32 Å². The van der Waals surface area contributed by atoms with E-state index in [2.05, 4.69) is 10.3 Å². The van der Waals surface area contributed by atoms with Gasteiger partial charge >= 0.3 is 0 Å². The monoisotopic (exact) mass is 265 g/mol. The number of hydrogen-bond donors (Lipinski definition) is 1. The molecule has 20 heavy (non-hydrogen) atoms. The summed E-state index contributed by atoms with van der Waals surface area (Å²) < 4.78 is 0. The molecule has 0 fully saturated rings. The van der Waals surface area contributed by atoms with Gasteiger partial charge in [0.15, 0.2) is 0 Å². The van der Waals surface area contributed by atoms with Crippen molar-refractivity contribution in [2.45, 2.75) is 13.3 Å². The maximum Gasteiger partial charge on any atom is 0.243 e. The molecule has 0 saturated carbocycles. The second-order valence-electron chi connectivity index (χ2n) is 4.58. The van der Waals surface area contributed by atoms with Gasteiger partial charge in [0, 0.05) is 6.20 Å². The minimum atomic E-state index is -0.722. The van der Waals surface area contributed by atoms with Crippen molar-refractivity contribution < 1.29 is 4.79 Å². The molecule has 2 aromatic rings. The maximum absolute atomic E-state index is 12.0. The Balaban J connectivity index is 2.03. The number of benzene rings is 1. The lowest BCUT2D eigenvalue weighted by molar-refractivity contribution is -0.118. The number of nitrogens with one attached hydrogen (secondary N) is 1. The molecule has 1 aromatic heterocycles. The molecule has 0 aliphatic heterocycles. The van der Waals surface area contributed by atoms with E-state index in [1.54, 1.807) is 24.4 Å². The average Bonchev–Trinajstić information content (AvgIpc) is 2.47. The van der Waals surface area contributed by atoms with Gasteiger partial charge < -0.3 is 5.32 Å². The highest BCUT2D eigenvalue weighted by atomic mass is 16.1. The zero-order valence-corrected chi connectivity index (χ0v) is 11.2. The average molecular weight is 265 g/mol. The van der Waals surface area contributed by atoms with E-state index in [0.717, 1.165) is 11.1 Å². The van der Waals surface area contributed by atoms with E-state index in [0.29, 0.717) is 12.2 Å². The summed E-state index contributed by atoms with van der Waals surface area (Å²) >= 11 is 0. The van der Waals surface area contributed by atoms with E-state index >= 15 is 0 Å². The van der Waals surface area contributed by atoms with Crippen LogP contribution in [-0.4, -0.2) is 10.9 Å². The number of amides is 1. The van der Waals surface area contributed by atoms with E-state index in [1.807, 2.05) is 37.3 Å². The Hall–Kier alpha value is -2.67. The summed E-state index contributed by atoms with van der Waals surface area (Å²) in [5, 5.41) is 11.8. The van der Waals surface area contributed by atoms with Gasteiger partial charge in [-0.3, -0.25) is 4.79 Å². The van der Waals surface area contributed by atoms with E-state index in [4.69, 9.17) is 5.26 Å². The fourth-order valence-electron chi connectivity index (χ4n) is 1.81. The Bertz CT molecular complexity index is 614. The number of nitriles is 1. The molecule has 2 rings (SSSR count). The van der Waals surface area contributed by atoms with Crippen molar-refractivity contribution >= 4 is 11.7 Å². The minimum Gasteiger partial charge on any atom is -0.310 e. The zero-order valence-electron chi connectivity index (χ0n) is 11.2. The molecule has 0 aliphatic rings. The van der Waals surface area contributed by atoms with Gasteiger partial charge in [-0.25, -0.2) is 4.98 Å². The van der Waals surface area contributed by atoms with Crippen molar-refractivity contribution in [2.24, 2.45) is 5.92 Å². The lowest BCUT2D eigenvalue weighted by Gasteiger charge is -2.10. The van der Waals surface area contributed by atoms with E-state index in [9.17, 15) is 4.79 Å². The fourth-order valence-corrected chi connectivity index (χ4v) is 1.81. The third-order valence-corrected chi connectivity index (χ3v) is 2.95. The van der Waals surface area contributed by atoms with Crippen LogP contribution in [0, 0.1) is 24.2 Å². The lowest BCUT2D eigenvalue weighted by Crippen LogP contribution is -2.23. The molecular weight excluding hydrogens is 250 g/mol. The number of hydrogen-bond acceptors (Lipinski definition) is 3. The summed E-state index contributed by atoms with van der Waals surface area (Å²) in [7, 11) is 0. The summed E-state index contributed by atoms with van der Waals surface area (Å²) in [5.41, 5.74) is 2.12. The van der Waals surface area contributed by atoms with Gasteiger partial charge in [-0.05, 0) is 31.0 Å². The molecule has 0 bridgehead atoms. The Morgan fingerprint density at radius 3 is 2.65 bits per heavy atom. The largest absolute Gasteiger partial charge is 0.310 e. The highest BCUT2D eigenvalue weighted by molar-refractivity contribution is 5.93. The molecule has 1 N–H and O–H groups in total. The molecule has 1 unspecified atom stereocenters. The smallest absolute Gasteiger partial charge is 0.243 e. The summed E-state index contributed by atoms with van der Waals surface area (Å²) in [6, 6.07) is 15.1. The summed E-state index contributed by atoms with van der Waals surface area (Å²) in [4.78, 5) is 16.1. The van der Waals surface area contributed by atoms with Crippen molar-refractivity contribution in [3.8, 4) is 6.07 Å². The fraction of sp³-hybridized carbons (Fsp3) is 0.188. The standard InChI is InChI=1S/C16H15N3O/c1-12-5-7-13(8-6-12)10-14(11-17)16(20)19-15-4-2-3-9-18-15/h2-9,14H,10H2,1H3,(H,18,19,20). The number of rotatable bonds is 4. The number of anilines is 1. The Morgan fingerprint density at radius 2 is 2.05 bits per heavy atom. The summed E-state index contributed by atoms with van der Waals surface area (Å²) in [6.45, 7) is 2.00. The van der Waals surface area contributed by atoms with E-state index in [1.165, 1.54) is 0 Å². The van der Waals surface area contributed by atoms with Gasteiger partial charge in [-0.2, -0.15) is 5.26 Å². The van der Waals surface area contributed by atoms with E-state index < -0.39 is 5.92 Å². The molecule has 0 spiro atoms. The molecule has 4 nitrogen and oxygen atoms in total. The molecule has 0 aliphatic carbocycles. The molecule has 1 atom stereocenters. The Labute approximate surface area is 118 Å². The second kappa shape index (κ2) is 6.48. The lowest BCUT2D eigenvalue weighted by atomic mass is 9.99. The van der Waals surface area contributed by atoms with Gasteiger partial charge in [-0.15, -0.1) is 0 Å². The number of carbonyl (C=O) groups is 1. The topological polar surface area (TPSA) is 65.8 Å². The molecular formula is C16H15N3O. The number of carbonyl (C=O) groups excluding carboxylic acids is 1. The van der Waals surface area contributed by atoms with Crippen LogP contribution in [0.3, 0.4) is 0 Å². The van der Waals surface area contributed by atoms with Crippen LogP contribution in [0.25, 0.3) is 0 Å². The van der Waals surface area contributed by atoms with Crippen LogP contribution in [0.5, 0.6) is 0 Å². The number of aromatic nitrogens is 1. The first-order chi connectivity index (χ1) is 9.69. The quantitative estimate of drug-likeness (QED) is 0.924. The first kappa shape index (κ1) is 13.8. The predicted molar refractivity (Wildman–Crippen MR) is 76.9 cm³/mol. The Kier molecular flexibility index (Phi) is 4.46. The first-order valence-corrected chi connectivity index (χ1v) is 6.36. The van der Waals surface area contributed by atoms with Gasteiger partial charge in [0.05, 0.1) is 6.07 Å².